The second-order valence-electron chi connectivity index (χ2n) is 5.35. The van der Waals surface area contributed by atoms with Crippen LogP contribution >= 0.6 is 11.8 Å². The van der Waals surface area contributed by atoms with Crippen molar-refractivity contribution in [1.82, 2.24) is 20.0 Å². The number of hydrogen-bond donors (Lipinski definition) is 1. The van der Waals surface area contributed by atoms with Crippen molar-refractivity contribution in [2.45, 2.75) is 0 Å². The Morgan fingerprint density at radius 2 is 1.39 bits per heavy atom. The molecule has 0 atom stereocenters. The topological polar surface area (TPSA) is 21.8 Å². The molecule has 106 valence electrons. The fourth-order valence-electron chi connectivity index (χ4n) is 2.50. The fourth-order valence-corrected chi connectivity index (χ4v) is 3.47. The lowest BCUT2D eigenvalue weighted by Crippen LogP contribution is -2.47. The Hall–Kier alpha value is 0.190. The summed E-state index contributed by atoms with van der Waals surface area (Å²) in [5, 5.41) is 3.59. The Labute approximate surface area is 116 Å². The summed E-state index contributed by atoms with van der Waals surface area (Å²) in [6.45, 7) is 12.2. The molecule has 0 spiro atoms. The quantitative estimate of drug-likeness (QED) is 0.678. The van der Waals surface area contributed by atoms with E-state index >= 15 is 0 Å². The highest BCUT2D eigenvalue weighted by atomic mass is 32.2. The van der Waals surface area contributed by atoms with Gasteiger partial charge in [-0.25, -0.2) is 0 Å². The molecule has 1 N–H and O–H groups in total. The maximum absolute atomic E-state index is 3.59. The van der Waals surface area contributed by atoms with E-state index in [1.807, 2.05) is 0 Å². The first-order valence-corrected chi connectivity index (χ1v) is 8.42. The summed E-state index contributed by atoms with van der Waals surface area (Å²) in [6, 6.07) is 0. The molecule has 2 saturated heterocycles. The average Bonchev–Trinajstić information content (AvgIpc) is 2.42. The molecular formula is C13H28N4S. The van der Waals surface area contributed by atoms with Crippen molar-refractivity contribution in [3.63, 3.8) is 0 Å². The van der Waals surface area contributed by atoms with Crippen molar-refractivity contribution in [2.75, 3.05) is 84.0 Å². The van der Waals surface area contributed by atoms with Crippen LogP contribution in [0.25, 0.3) is 0 Å². The third-order valence-corrected chi connectivity index (χ3v) is 4.85. The molecule has 0 bridgehead atoms. The van der Waals surface area contributed by atoms with E-state index < -0.39 is 0 Å². The van der Waals surface area contributed by atoms with Crippen LogP contribution in [-0.4, -0.2) is 98.7 Å². The molecule has 2 rings (SSSR count). The molecule has 2 fully saturated rings. The van der Waals surface area contributed by atoms with Crippen LogP contribution in [0.2, 0.25) is 0 Å². The van der Waals surface area contributed by atoms with E-state index in [1.54, 1.807) is 0 Å². The molecule has 0 aliphatic carbocycles. The average molecular weight is 272 g/mol. The fraction of sp³-hybridized carbons (Fsp3) is 1.00. The highest BCUT2D eigenvalue weighted by Crippen LogP contribution is 2.07. The number of hydrogen-bond acceptors (Lipinski definition) is 5. The van der Waals surface area contributed by atoms with Gasteiger partial charge in [0, 0.05) is 77.0 Å². The number of piperazine rings is 1. The largest absolute Gasteiger partial charge is 0.314 e. The van der Waals surface area contributed by atoms with Crippen molar-refractivity contribution in [2.24, 2.45) is 0 Å². The Kier molecular flexibility index (Phi) is 6.79. The molecular weight excluding hydrogens is 244 g/mol. The molecule has 0 radical (unpaired) electrons. The van der Waals surface area contributed by atoms with Gasteiger partial charge in [0.2, 0.25) is 0 Å². The molecule has 2 aliphatic heterocycles. The molecule has 0 aromatic heterocycles. The van der Waals surface area contributed by atoms with Gasteiger partial charge in [0.25, 0.3) is 0 Å². The molecule has 0 aromatic carbocycles. The lowest BCUT2D eigenvalue weighted by molar-refractivity contribution is 0.154. The van der Waals surface area contributed by atoms with Crippen LogP contribution < -0.4 is 5.32 Å². The normalized spacial score (nSPS) is 24.5. The van der Waals surface area contributed by atoms with E-state index in [-0.39, 0.29) is 0 Å². The zero-order valence-corrected chi connectivity index (χ0v) is 12.6. The molecule has 0 unspecified atom stereocenters. The summed E-state index contributed by atoms with van der Waals surface area (Å²) in [6.07, 6.45) is 0. The molecule has 2 heterocycles. The summed E-state index contributed by atoms with van der Waals surface area (Å²) in [4.78, 5) is 7.57. The zero-order chi connectivity index (χ0) is 12.6. The van der Waals surface area contributed by atoms with Crippen LogP contribution in [-0.2, 0) is 0 Å². The highest BCUT2D eigenvalue weighted by molar-refractivity contribution is 7.99. The molecule has 5 heteroatoms. The van der Waals surface area contributed by atoms with Gasteiger partial charge in [0.15, 0.2) is 0 Å². The minimum atomic E-state index is 1.15. The summed E-state index contributed by atoms with van der Waals surface area (Å²) in [5.74, 6) is 2.64. The predicted octanol–water partition coefficient (Wildman–Crippen LogP) is -0.128. The summed E-state index contributed by atoms with van der Waals surface area (Å²) >= 11 is 2.09. The monoisotopic (exact) mass is 272 g/mol. The second kappa shape index (κ2) is 8.38. The van der Waals surface area contributed by atoms with Gasteiger partial charge in [-0.05, 0) is 7.05 Å². The van der Waals surface area contributed by atoms with Gasteiger partial charge in [-0.15, -0.1) is 0 Å². The minimum Gasteiger partial charge on any atom is -0.314 e. The van der Waals surface area contributed by atoms with E-state index in [1.165, 1.54) is 63.9 Å². The van der Waals surface area contributed by atoms with Crippen molar-refractivity contribution in [3.8, 4) is 0 Å². The highest BCUT2D eigenvalue weighted by Gasteiger charge is 2.13. The number of rotatable bonds is 6. The van der Waals surface area contributed by atoms with Crippen molar-refractivity contribution in [3.05, 3.63) is 0 Å². The van der Waals surface area contributed by atoms with Gasteiger partial charge in [0.1, 0.15) is 0 Å². The van der Waals surface area contributed by atoms with Crippen molar-refractivity contribution in [1.29, 1.82) is 0 Å². The smallest absolute Gasteiger partial charge is 0.0110 e. The lowest BCUT2D eigenvalue weighted by Gasteiger charge is -2.32. The van der Waals surface area contributed by atoms with Gasteiger partial charge < -0.3 is 15.1 Å². The van der Waals surface area contributed by atoms with E-state index in [0.29, 0.717) is 0 Å². The van der Waals surface area contributed by atoms with Gasteiger partial charge in [-0.3, -0.25) is 4.90 Å². The molecule has 2 aliphatic rings. The van der Waals surface area contributed by atoms with Crippen molar-refractivity contribution >= 4 is 11.8 Å². The first-order valence-electron chi connectivity index (χ1n) is 7.26. The first kappa shape index (κ1) is 14.6. The predicted molar refractivity (Wildman–Crippen MR) is 80.6 cm³/mol. The second-order valence-corrected chi connectivity index (χ2v) is 6.57. The van der Waals surface area contributed by atoms with Crippen molar-refractivity contribution < 1.29 is 0 Å². The van der Waals surface area contributed by atoms with Crippen LogP contribution in [0.1, 0.15) is 0 Å². The Bertz CT molecular complexity index is 213. The van der Waals surface area contributed by atoms with Gasteiger partial charge in [0.05, 0.1) is 0 Å². The number of likely N-dealkylation sites (N-methyl/N-ethyl adjacent to an activating group) is 1. The van der Waals surface area contributed by atoms with Gasteiger partial charge >= 0.3 is 0 Å². The maximum atomic E-state index is 3.59. The van der Waals surface area contributed by atoms with Gasteiger partial charge in [-0.2, -0.15) is 11.8 Å². The Morgan fingerprint density at radius 1 is 0.833 bits per heavy atom. The van der Waals surface area contributed by atoms with Crippen LogP contribution in [0.5, 0.6) is 0 Å². The molecule has 4 nitrogen and oxygen atoms in total. The third-order valence-electron chi connectivity index (χ3n) is 3.91. The summed E-state index contributed by atoms with van der Waals surface area (Å²) < 4.78 is 0. The number of thioether (sulfide) groups is 1. The zero-order valence-electron chi connectivity index (χ0n) is 11.7. The van der Waals surface area contributed by atoms with Crippen LogP contribution in [0.4, 0.5) is 0 Å². The summed E-state index contributed by atoms with van der Waals surface area (Å²) in [7, 11) is 2.21. The van der Waals surface area contributed by atoms with E-state index in [4.69, 9.17) is 0 Å². The SMILES string of the molecule is CN1CCN(CCNCCN2CCSCC2)CC1. The third kappa shape index (κ3) is 5.45. The van der Waals surface area contributed by atoms with Crippen LogP contribution in [0.15, 0.2) is 0 Å². The molecule has 0 amide bonds. The molecule has 0 aromatic rings. The molecule has 0 saturated carbocycles. The standard InChI is InChI=1S/C13H28N4S/c1-15-6-8-16(9-7-15)4-2-14-3-5-17-10-12-18-13-11-17/h14H,2-13H2,1H3. The Morgan fingerprint density at radius 3 is 2.00 bits per heavy atom. The van der Waals surface area contributed by atoms with Crippen LogP contribution in [0, 0.1) is 0 Å². The number of nitrogens with zero attached hydrogens (tertiary/aromatic N) is 3. The first-order chi connectivity index (χ1) is 8.84. The minimum absolute atomic E-state index is 1.15. The molecule has 18 heavy (non-hydrogen) atoms. The summed E-state index contributed by atoms with van der Waals surface area (Å²) in [5.41, 5.74) is 0. The van der Waals surface area contributed by atoms with Gasteiger partial charge in [-0.1, -0.05) is 0 Å². The Balaban J connectivity index is 1.43. The van der Waals surface area contributed by atoms with E-state index in [0.717, 1.165) is 13.1 Å². The van der Waals surface area contributed by atoms with E-state index in [9.17, 15) is 0 Å². The maximum Gasteiger partial charge on any atom is 0.0110 e. The lowest BCUT2D eigenvalue weighted by atomic mass is 10.3. The number of nitrogens with one attached hydrogen (secondary N) is 1. The van der Waals surface area contributed by atoms with E-state index in [2.05, 4.69) is 38.8 Å². The van der Waals surface area contributed by atoms with Crippen LogP contribution in [0.3, 0.4) is 0 Å².